The van der Waals surface area contributed by atoms with E-state index in [2.05, 4.69) is 9.97 Å². The first kappa shape index (κ1) is 8.83. The predicted octanol–water partition coefficient (Wildman–Crippen LogP) is 0.865. The van der Waals surface area contributed by atoms with Gasteiger partial charge in [0.2, 0.25) is 0 Å². The van der Waals surface area contributed by atoms with Crippen molar-refractivity contribution in [3.05, 3.63) is 42.4 Å². The maximum atomic E-state index is 12.6. The predicted molar refractivity (Wildman–Crippen MR) is 49.2 cm³/mol. The van der Waals surface area contributed by atoms with Gasteiger partial charge in [-0.15, -0.1) is 0 Å². The number of hydrogen-bond acceptors (Lipinski definition) is 3. The summed E-state index contributed by atoms with van der Waals surface area (Å²) in [6.45, 7) is 0.325. The van der Waals surface area contributed by atoms with Gasteiger partial charge in [-0.2, -0.15) is 0 Å². The molecule has 4 nitrogen and oxygen atoms in total. The van der Waals surface area contributed by atoms with Crippen molar-refractivity contribution in [1.82, 2.24) is 14.5 Å². The molecule has 2 aromatic heterocycles. The summed E-state index contributed by atoms with van der Waals surface area (Å²) in [6.07, 6.45) is 4.53. The summed E-state index contributed by atoms with van der Waals surface area (Å²) in [5.74, 6) is 0.955. The van der Waals surface area contributed by atoms with E-state index in [0.29, 0.717) is 18.2 Å². The Labute approximate surface area is 80.2 Å². The van der Waals surface area contributed by atoms with Gasteiger partial charge in [-0.3, -0.25) is 4.57 Å². The fourth-order valence-electron chi connectivity index (χ4n) is 1.20. The van der Waals surface area contributed by atoms with Crippen molar-refractivity contribution in [3.63, 3.8) is 0 Å². The lowest BCUT2D eigenvalue weighted by atomic mass is 10.4. The highest BCUT2D eigenvalue weighted by molar-refractivity contribution is 5.24. The van der Waals surface area contributed by atoms with Gasteiger partial charge in [-0.25, -0.2) is 14.4 Å². The van der Waals surface area contributed by atoms with Gasteiger partial charge in [0.05, 0.1) is 12.7 Å². The lowest BCUT2D eigenvalue weighted by Crippen LogP contribution is -2.07. The van der Waals surface area contributed by atoms with Crippen molar-refractivity contribution in [2.45, 2.75) is 6.54 Å². The first-order valence-electron chi connectivity index (χ1n) is 4.15. The number of pyridine rings is 1. The normalized spacial score (nSPS) is 10.4. The standard InChI is InChI=1S/C9H9FN4/c10-7-1-2-8(13-6-7)14-4-3-12-9(14)5-11/h1-4,6H,5,11H2. The molecule has 0 bridgehead atoms. The molecule has 0 saturated heterocycles. The molecule has 2 N–H and O–H groups in total. The van der Waals surface area contributed by atoms with Crippen molar-refractivity contribution < 1.29 is 4.39 Å². The molecule has 0 unspecified atom stereocenters. The van der Waals surface area contributed by atoms with E-state index in [1.165, 1.54) is 6.07 Å². The minimum atomic E-state index is -0.358. The molecular formula is C9H9FN4. The zero-order valence-electron chi connectivity index (χ0n) is 7.39. The topological polar surface area (TPSA) is 56.7 Å². The zero-order chi connectivity index (χ0) is 9.97. The molecule has 0 radical (unpaired) electrons. The fraction of sp³-hybridized carbons (Fsp3) is 0.111. The number of nitrogens with zero attached hydrogens (tertiary/aromatic N) is 3. The Morgan fingerprint density at radius 1 is 1.36 bits per heavy atom. The molecule has 0 aliphatic rings. The fourth-order valence-corrected chi connectivity index (χ4v) is 1.20. The van der Waals surface area contributed by atoms with Crippen LogP contribution in [0.2, 0.25) is 0 Å². The highest BCUT2D eigenvalue weighted by Crippen LogP contribution is 2.07. The maximum absolute atomic E-state index is 12.6. The van der Waals surface area contributed by atoms with Crippen LogP contribution in [-0.2, 0) is 6.54 Å². The second-order valence-corrected chi connectivity index (χ2v) is 2.75. The number of halogens is 1. The van der Waals surface area contributed by atoms with Crippen LogP contribution in [0.4, 0.5) is 4.39 Å². The Morgan fingerprint density at radius 3 is 2.86 bits per heavy atom. The maximum Gasteiger partial charge on any atom is 0.141 e. The average molecular weight is 192 g/mol. The van der Waals surface area contributed by atoms with Crippen LogP contribution < -0.4 is 5.73 Å². The molecule has 0 saturated carbocycles. The highest BCUT2D eigenvalue weighted by Gasteiger charge is 2.03. The third-order valence-electron chi connectivity index (χ3n) is 1.86. The van der Waals surface area contributed by atoms with Crippen molar-refractivity contribution in [3.8, 4) is 5.82 Å². The summed E-state index contributed by atoms with van der Waals surface area (Å²) in [4.78, 5) is 7.96. The van der Waals surface area contributed by atoms with E-state index in [1.807, 2.05) is 0 Å². The molecule has 0 aliphatic carbocycles. The first-order chi connectivity index (χ1) is 6.81. The van der Waals surface area contributed by atoms with E-state index < -0.39 is 0 Å². The van der Waals surface area contributed by atoms with Crippen LogP contribution in [0, 0.1) is 5.82 Å². The van der Waals surface area contributed by atoms with Crippen LogP contribution in [0.25, 0.3) is 5.82 Å². The lowest BCUT2D eigenvalue weighted by Gasteiger charge is -2.04. The highest BCUT2D eigenvalue weighted by atomic mass is 19.1. The number of hydrogen-bond donors (Lipinski definition) is 1. The van der Waals surface area contributed by atoms with Crippen LogP contribution in [0.3, 0.4) is 0 Å². The van der Waals surface area contributed by atoms with E-state index >= 15 is 0 Å². The molecule has 0 amide bonds. The molecule has 72 valence electrons. The van der Waals surface area contributed by atoms with E-state index in [-0.39, 0.29) is 5.82 Å². The Hall–Kier alpha value is -1.75. The summed E-state index contributed by atoms with van der Waals surface area (Å²) in [7, 11) is 0. The second kappa shape index (κ2) is 3.55. The molecule has 2 rings (SSSR count). The molecule has 5 heteroatoms. The summed E-state index contributed by atoms with van der Waals surface area (Å²) < 4.78 is 14.3. The number of aromatic nitrogens is 3. The van der Waals surface area contributed by atoms with E-state index in [0.717, 1.165) is 6.20 Å². The number of rotatable bonds is 2. The largest absolute Gasteiger partial charge is 0.324 e. The van der Waals surface area contributed by atoms with Gasteiger partial charge in [0, 0.05) is 12.4 Å². The Balaban J connectivity index is 2.44. The molecule has 2 heterocycles. The van der Waals surface area contributed by atoms with Crippen molar-refractivity contribution >= 4 is 0 Å². The van der Waals surface area contributed by atoms with Gasteiger partial charge in [0.1, 0.15) is 17.5 Å². The van der Waals surface area contributed by atoms with Crippen LogP contribution >= 0.6 is 0 Å². The Kier molecular flexibility index (Phi) is 2.24. The summed E-state index contributed by atoms with van der Waals surface area (Å²) in [5, 5.41) is 0. The number of imidazole rings is 1. The Morgan fingerprint density at radius 2 is 2.21 bits per heavy atom. The molecule has 2 aromatic rings. The van der Waals surface area contributed by atoms with Crippen LogP contribution in [0.15, 0.2) is 30.7 Å². The van der Waals surface area contributed by atoms with Gasteiger partial charge < -0.3 is 5.73 Å². The molecule has 0 spiro atoms. The SMILES string of the molecule is NCc1nccn1-c1ccc(F)cn1. The van der Waals surface area contributed by atoms with Gasteiger partial charge in [-0.05, 0) is 12.1 Å². The van der Waals surface area contributed by atoms with Crippen molar-refractivity contribution in [2.75, 3.05) is 0 Å². The van der Waals surface area contributed by atoms with Gasteiger partial charge in [0.25, 0.3) is 0 Å². The van der Waals surface area contributed by atoms with Crippen LogP contribution in [-0.4, -0.2) is 14.5 Å². The lowest BCUT2D eigenvalue weighted by molar-refractivity contribution is 0.619. The third kappa shape index (κ3) is 1.49. The molecule has 0 aromatic carbocycles. The van der Waals surface area contributed by atoms with Gasteiger partial charge in [-0.1, -0.05) is 0 Å². The second-order valence-electron chi connectivity index (χ2n) is 2.75. The average Bonchev–Trinajstić information content (AvgIpc) is 2.67. The summed E-state index contributed by atoms with van der Waals surface area (Å²) in [5.41, 5.74) is 5.48. The molecule has 0 atom stereocenters. The minimum Gasteiger partial charge on any atom is -0.324 e. The van der Waals surface area contributed by atoms with E-state index in [4.69, 9.17) is 5.73 Å². The minimum absolute atomic E-state index is 0.325. The van der Waals surface area contributed by atoms with Crippen molar-refractivity contribution in [2.24, 2.45) is 5.73 Å². The van der Waals surface area contributed by atoms with Crippen molar-refractivity contribution in [1.29, 1.82) is 0 Å². The Bertz CT molecular complexity index is 421. The van der Waals surface area contributed by atoms with Gasteiger partial charge >= 0.3 is 0 Å². The van der Waals surface area contributed by atoms with Crippen LogP contribution in [0.5, 0.6) is 0 Å². The molecular weight excluding hydrogens is 183 g/mol. The summed E-state index contributed by atoms with van der Waals surface area (Å²) >= 11 is 0. The third-order valence-corrected chi connectivity index (χ3v) is 1.86. The monoisotopic (exact) mass is 192 g/mol. The smallest absolute Gasteiger partial charge is 0.141 e. The molecule has 0 aliphatic heterocycles. The number of nitrogens with two attached hydrogens (primary N) is 1. The molecule has 0 fully saturated rings. The van der Waals surface area contributed by atoms with Crippen LogP contribution in [0.1, 0.15) is 5.82 Å². The molecule has 14 heavy (non-hydrogen) atoms. The quantitative estimate of drug-likeness (QED) is 0.767. The zero-order valence-corrected chi connectivity index (χ0v) is 7.39. The van der Waals surface area contributed by atoms with Gasteiger partial charge in [0.15, 0.2) is 0 Å². The first-order valence-corrected chi connectivity index (χ1v) is 4.15. The van der Waals surface area contributed by atoms with E-state index in [1.54, 1.807) is 23.0 Å². The summed E-state index contributed by atoms with van der Waals surface area (Å²) in [6, 6.07) is 2.93. The van der Waals surface area contributed by atoms with E-state index in [9.17, 15) is 4.39 Å².